The number of benzene rings is 1. The number of ether oxygens (including phenoxy) is 1. The number of halogens is 1. The van der Waals surface area contributed by atoms with E-state index in [0.717, 1.165) is 28.4 Å². The Morgan fingerprint density at radius 2 is 2.00 bits per heavy atom. The van der Waals surface area contributed by atoms with Gasteiger partial charge >= 0.3 is 0 Å². The molecule has 0 fully saturated rings. The van der Waals surface area contributed by atoms with Gasteiger partial charge in [0.2, 0.25) is 0 Å². The number of rotatable bonds is 5. The first-order valence-electron chi connectivity index (χ1n) is 9.10. The van der Waals surface area contributed by atoms with Gasteiger partial charge in [-0.25, -0.2) is 0 Å². The zero-order chi connectivity index (χ0) is 19.9. The Morgan fingerprint density at radius 3 is 2.67 bits per heavy atom. The summed E-state index contributed by atoms with van der Waals surface area (Å²) >= 11 is 6.48. The summed E-state index contributed by atoms with van der Waals surface area (Å²) in [6.45, 7) is 8.43. The minimum Gasteiger partial charge on any atom is -0.490 e. The highest BCUT2D eigenvalue weighted by atomic mass is 35.5. The van der Waals surface area contributed by atoms with Gasteiger partial charge in [0.15, 0.2) is 0 Å². The molecule has 2 aromatic heterocycles. The molecule has 0 saturated carbocycles. The molecule has 0 aliphatic rings. The summed E-state index contributed by atoms with van der Waals surface area (Å²) in [5.41, 5.74) is 7.37. The number of nitrogens with two attached hydrogens (primary N) is 1. The summed E-state index contributed by atoms with van der Waals surface area (Å²) in [5, 5.41) is 2.77. The third-order valence-electron chi connectivity index (χ3n) is 4.77. The van der Waals surface area contributed by atoms with Crippen LogP contribution in [0.25, 0.3) is 21.7 Å². The molecule has 5 nitrogen and oxygen atoms in total. The number of pyridine rings is 2. The van der Waals surface area contributed by atoms with Crippen molar-refractivity contribution in [3.63, 3.8) is 0 Å². The van der Waals surface area contributed by atoms with Gasteiger partial charge < -0.3 is 15.0 Å². The first-order valence-corrected chi connectivity index (χ1v) is 9.48. The van der Waals surface area contributed by atoms with Crippen molar-refractivity contribution in [3.05, 3.63) is 45.5 Å². The standard InChI is InChI=1S/C21H26ClN3O2/c1-12(2)10-21(4,23)11-27-18-9-16-15(8-17(18)22)14-6-7-24-13(3)19(14)25(5)20(16)26/h6-9,12H,10-11,23H2,1-5H3. The third kappa shape index (κ3) is 3.80. The summed E-state index contributed by atoms with van der Waals surface area (Å²) < 4.78 is 7.55. The second-order valence-electron chi connectivity index (χ2n) is 8.03. The zero-order valence-corrected chi connectivity index (χ0v) is 17.2. The minimum absolute atomic E-state index is 0.104. The number of nitrogens with zero attached hydrogens (tertiary/aromatic N) is 2. The van der Waals surface area contributed by atoms with Crippen LogP contribution in [0.3, 0.4) is 0 Å². The van der Waals surface area contributed by atoms with Crippen LogP contribution in [0.15, 0.2) is 29.2 Å². The lowest BCUT2D eigenvalue weighted by Crippen LogP contribution is -2.43. The quantitative estimate of drug-likeness (QED) is 0.666. The molecule has 1 aromatic carbocycles. The van der Waals surface area contributed by atoms with Crippen molar-refractivity contribution < 1.29 is 4.74 Å². The van der Waals surface area contributed by atoms with Crippen LogP contribution in [0.1, 0.15) is 32.9 Å². The first-order chi connectivity index (χ1) is 12.6. The van der Waals surface area contributed by atoms with Crippen LogP contribution < -0.4 is 16.0 Å². The zero-order valence-electron chi connectivity index (χ0n) is 16.5. The van der Waals surface area contributed by atoms with Crippen LogP contribution in [0.5, 0.6) is 5.75 Å². The molecule has 0 spiro atoms. The van der Waals surface area contributed by atoms with E-state index in [1.165, 1.54) is 0 Å². The fraction of sp³-hybridized carbons (Fsp3) is 0.429. The molecule has 6 heteroatoms. The highest BCUT2D eigenvalue weighted by Gasteiger charge is 2.22. The fourth-order valence-electron chi connectivity index (χ4n) is 3.78. The molecule has 2 heterocycles. The Kier molecular flexibility index (Phi) is 5.19. The van der Waals surface area contributed by atoms with E-state index in [-0.39, 0.29) is 5.56 Å². The van der Waals surface area contributed by atoms with E-state index in [4.69, 9.17) is 22.1 Å². The highest BCUT2D eigenvalue weighted by Crippen LogP contribution is 2.33. The Morgan fingerprint density at radius 1 is 1.30 bits per heavy atom. The summed E-state index contributed by atoms with van der Waals surface area (Å²) in [5.74, 6) is 0.943. The molecule has 3 rings (SSSR count). The largest absolute Gasteiger partial charge is 0.490 e. The second kappa shape index (κ2) is 7.13. The molecular formula is C21H26ClN3O2. The van der Waals surface area contributed by atoms with Gasteiger partial charge in [0.05, 0.1) is 21.6 Å². The van der Waals surface area contributed by atoms with E-state index in [9.17, 15) is 4.79 Å². The fourth-order valence-corrected chi connectivity index (χ4v) is 4.00. The Balaban J connectivity index is 2.11. The van der Waals surface area contributed by atoms with Gasteiger partial charge in [-0.15, -0.1) is 0 Å². The molecule has 144 valence electrons. The SMILES string of the molecule is Cc1nccc2c3cc(Cl)c(OCC(C)(N)CC(C)C)cc3c(=O)n(C)c12. The Hall–Kier alpha value is -2.11. The van der Waals surface area contributed by atoms with Crippen LogP contribution in [0.4, 0.5) is 0 Å². The van der Waals surface area contributed by atoms with Crippen LogP contribution in [-0.4, -0.2) is 21.7 Å². The predicted molar refractivity (Wildman–Crippen MR) is 112 cm³/mol. The monoisotopic (exact) mass is 387 g/mol. The van der Waals surface area contributed by atoms with E-state index in [1.807, 2.05) is 19.9 Å². The Bertz CT molecular complexity index is 1070. The molecule has 27 heavy (non-hydrogen) atoms. The average Bonchev–Trinajstić information content (AvgIpc) is 2.57. The summed E-state index contributed by atoms with van der Waals surface area (Å²) in [4.78, 5) is 17.2. The van der Waals surface area contributed by atoms with Crippen molar-refractivity contribution in [2.24, 2.45) is 18.7 Å². The number of hydrogen-bond acceptors (Lipinski definition) is 4. The summed E-state index contributed by atoms with van der Waals surface area (Å²) in [6, 6.07) is 5.42. The van der Waals surface area contributed by atoms with Gasteiger partial charge in [0.25, 0.3) is 5.56 Å². The van der Waals surface area contributed by atoms with E-state index in [0.29, 0.717) is 28.7 Å². The van der Waals surface area contributed by atoms with Gasteiger partial charge in [-0.1, -0.05) is 25.4 Å². The maximum atomic E-state index is 12.9. The summed E-state index contributed by atoms with van der Waals surface area (Å²) in [6.07, 6.45) is 2.57. The first kappa shape index (κ1) is 19.6. The number of fused-ring (bicyclic) bond motifs is 3. The molecule has 2 N–H and O–H groups in total. The number of aromatic nitrogens is 2. The molecule has 0 aliphatic heterocycles. The lowest BCUT2D eigenvalue weighted by molar-refractivity contribution is 0.207. The lowest BCUT2D eigenvalue weighted by atomic mass is 9.93. The van der Waals surface area contributed by atoms with Crippen LogP contribution in [0.2, 0.25) is 5.02 Å². The van der Waals surface area contributed by atoms with Crippen LogP contribution >= 0.6 is 11.6 Å². The van der Waals surface area contributed by atoms with E-state index < -0.39 is 5.54 Å². The van der Waals surface area contributed by atoms with Crippen molar-refractivity contribution >= 4 is 33.3 Å². The van der Waals surface area contributed by atoms with Gasteiger partial charge in [-0.2, -0.15) is 0 Å². The molecular weight excluding hydrogens is 362 g/mol. The second-order valence-corrected chi connectivity index (χ2v) is 8.43. The van der Waals surface area contributed by atoms with Crippen molar-refractivity contribution in [3.8, 4) is 5.75 Å². The van der Waals surface area contributed by atoms with Gasteiger partial charge in [0, 0.05) is 24.2 Å². The van der Waals surface area contributed by atoms with Crippen molar-refractivity contribution in [1.29, 1.82) is 0 Å². The molecule has 1 atom stereocenters. The molecule has 0 radical (unpaired) electrons. The van der Waals surface area contributed by atoms with Crippen molar-refractivity contribution in [2.45, 2.75) is 39.7 Å². The summed E-state index contributed by atoms with van der Waals surface area (Å²) in [7, 11) is 1.76. The number of aryl methyl sites for hydroxylation is 2. The third-order valence-corrected chi connectivity index (χ3v) is 5.07. The lowest BCUT2D eigenvalue weighted by Gasteiger charge is -2.27. The molecule has 0 amide bonds. The molecule has 0 saturated heterocycles. The van der Waals surface area contributed by atoms with Crippen molar-refractivity contribution in [1.82, 2.24) is 9.55 Å². The van der Waals surface area contributed by atoms with Crippen LogP contribution in [-0.2, 0) is 7.05 Å². The van der Waals surface area contributed by atoms with E-state index in [1.54, 1.807) is 29.9 Å². The van der Waals surface area contributed by atoms with Crippen molar-refractivity contribution in [2.75, 3.05) is 6.61 Å². The maximum absolute atomic E-state index is 12.9. The van der Waals surface area contributed by atoms with Gasteiger partial charge in [-0.05, 0) is 49.8 Å². The van der Waals surface area contributed by atoms with Gasteiger partial charge in [0.1, 0.15) is 12.4 Å². The molecule has 3 aromatic rings. The van der Waals surface area contributed by atoms with Gasteiger partial charge in [-0.3, -0.25) is 9.78 Å². The molecule has 1 unspecified atom stereocenters. The predicted octanol–water partition coefficient (Wildman–Crippen LogP) is 4.19. The topological polar surface area (TPSA) is 70.1 Å². The minimum atomic E-state index is -0.469. The van der Waals surface area contributed by atoms with E-state index >= 15 is 0 Å². The smallest absolute Gasteiger partial charge is 0.258 e. The molecule has 0 aliphatic carbocycles. The molecule has 0 bridgehead atoms. The normalized spacial score (nSPS) is 14.1. The van der Waals surface area contributed by atoms with Crippen LogP contribution in [0, 0.1) is 12.8 Å². The maximum Gasteiger partial charge on any atom is 0.258 e. The van der Waals surface area contributed by atoms with E-state index in [2.05, 4.69) is 18.8 Å². The highest BCUT2D eigenvalue weighted by molar-refractivity contribution is 6.33. The Labute approximate surface area is 164 Å². The number of hydrogen-bond donors (Lipinski definition) is 1. The average molecular weight is 388 g/mol.